The summed E-state index contributed by atoms with van der Waals surface area (Å²) in [6.45, 7) is 0. The highest BCUT2D eigenvalue weighted by Gasteiger charge is 1.92. The Hall–Kier alpha value is -1.70. The third-order valence-electron chi connectivity index (χ3n) is 2.89. The molecule has 0 saturated carbocycles. The Labute approximate surface area is 104 Å². The lowest BCUT2D eigenvalue weighted by Gasteiger charge is -1.98. The predicted octanol–water partition coefficient (Wildman–Crippen LogP) is 4.36. The molecule has 0 unspecified atom stereocenters. The van der Waals surface area contributed by atoms with E-state index in [1.165, 1.54) is 30.4 Å². The Morgan fingerprint density at radius 3 is 3.00 bits per heavy atom. The molecule has 0 heteroatoms. The highest BCUT2D eigenvalue weighted by atomic mass is 14.0. The Morgan fingerprint density at radius 2 is 2.00 bits per heavy atom. The summed E-state index contributed by atoms with van der Waals surface area (Å²) in [6.07, 6.45) is 11.0. The molecule has 2 rings (SSSR count). The van der Waals surface area contributed by atoms with Crippen molar-refractivity contribution in [2.24, 2.45) is 0 Å². The summed E-state index contributed by atoms with van der Waals surface area (Å²) in [5.41, 5.74) is 5.78. The zero-order chi connectivity index (χ0) is 11.8. The molecule has 0 radical (unpaired) electrons. The van der Waals surface area contributed by atoms with Crippen LogP contribution in [0.15, 0.2) is 36.1 Å². The van der Waals surface area contributed by atoms with Crippen molar-refractivity contribution in [3.8, 4) is 11.8 Å². The lowest BCUT2D eigenvalue weighted by atomic mass is 10.1. The van der Waals surface area contributed by atoms with Crippen LogP contribution in [0.4, 0.5) is 0 Å². The summed E-state index contributed by atoms with van der Waals surface area (Å²) in [6, 6.07) is 8.54. The van der Waals surface area contributed by atoms with Gasteiger partial charge in [-0.1, -0.05) is 36.6 Å². The highest BCUT2D eigenvalue weighted by Crippen LogP contribution is 2.08. The maximum Gasteiger partial charge on any atom is 0.0340 e. The zero-order valence-corrected chi connectivity index (χ0v) is 10.2. The van der Waals surface area contributed by atoms with Gasteiger partial charge in [0.2, 0.25) is 0 Å². The Balaban J connectivity index is 2.18. The summed E-state index contributed by atoms with van der Waals surface area (Å²) in [5, 5.41) is 0. The molecule has 2 bridgehead atoms. The van der Waals surface area contributed by atoms with E-state index in [2.05, 4.69) is 54.0 Å². The molecule has 0 aromatic heterocycles. The first-order valence-electron chi connectivity index (χ1n) is 6.41. The molecule has 0 heterocycles. The molecule has 86 valence electrons. The first-order valence-corrected chi connectivity index (χ1v) is 6.41. The van der Waals surface area contributed by atoms with Gasteiger partial charge in [-0.3, -0.25) is 0 Å². The van der Waals surface area contributed by atoms with Gasteiger partial charge in [-0.15, -0.1) is 11.7 Å². The van der Waals surface area contributed by atoms with Crippen LogP contribution >= 0.6 is 0 Å². The molecule has 0 atom stereocenters. The van der Waals surface area contributed by atoms with Crippen LogP contribution in [0.1, 0.15) is 43.2 Å². The number of hydrogen-bond donors (Lipinski definition) is 0. The fraction of sp³-hybridized carbons (Fsp3) is 0.353. The largest absolute Gasteiger partial charge is 0.125 e. The van der Waals surface area contributed by atoms with E-state index in [1.807, 2.05) is 0 Å². The van der Waals surface area contributed by atoms with Crippen LogP contribution in [0.3, 0.4) is 0 Å². The molecule has 17 heavy (non-hydrogen) atoms. The Morgan fingerprint density at radius 1 is 1.00 bits per heavy atom. The SMILES string of the molecule is C1=CCCCCCC#CCc2cccc(c2)C=1. The summed E-state index contributed by atoms with van der Waals surface area (Å²) in [4.78, 5) is 0. The van der Waals surface area contributed by atoms with Crippen LogP contribution < -0.4 is 0 Å². The van der Waals surface area contributed by atoms with Gasteiger partial charge in [0.05, 0.1) is 0 Å². The molecule has 0 fully saturated rings. The standard InChI is InChI=1S/C17H18/c1-2-4-6-8-11-16-13-10-14-17(15-16)12-9-7-5-3-1/h6,10-11,13-15H,1-5,12H2. The van der Waals surface area contributed by atoms with E-state index in [9.17, 15) is 0 Å². The van der Waals surface area contributed by atoms with Crippen molar-refractivity contribution in [1.29, 1.82) is 0 Å². The number of benzene rings is 1. The third-order valence-corrected chi connectivity index (χ3v) is 2.89. The number of hydrogen-bond acceptors (Lipinski definition) is 0. The van der Waals surface area contributed by atoms with Gasteiger partial charge in [-0.2, -0.15) is 0 Å². The van der Waals surface area contributed by atoms with Crippen LogP contribution in [0, 0.1) is 11.8 Å². The topological polar surface area (TPSA) is 0 Å². The van der Waals surface area contributed by atoms with Crippen molar-refractivity contribution < 1.29 is 0 Å². The van der Waals surface area contributed by atoms with Crippen molar-refractivity contribution in [3.63, 3.8) is 0 Å². The van der Waals surface area contributed by atoms with Crippen molar-refractivity contribution in [2.75, 3.05) is 0 Å². The quantitative estimate of drug-likeness (QED) is 0.452. The minimum Gasteiger partial charge on any atom is -0.125 e. The molecule has 0 aliphatic heterocycles. The molecule has 0 N–H and O–H groups in total. The van der Waals surface area contributed by atoms with Crippen LogP contribution in [-0.4, -0.2) is 0 Å². The molecular weight excluding hydrogens is 204 g/mol. The smallest absolute Gasteiger partial charge is 0.0340 e. The van der Waals surface area contributed by atoms with Gasteiger partial charge in [0.25, 0.3) is 0 Å². The van der Waals surface area contributed by atoms with Crippen LogP contribution in [0.2, 0.25) is 0 Å². The summed E-state index contributed by atoms with van der Waals surface area (Å²) < 4.78 is 0. The van der Waals surface area contributed by atoms with E-state index in [1.54, 1.807) is 0 Å². The van der Waals surface area contributed by atoms with E-state index in [0.717, 1.165) is 19.3 Å². The fourth-order valence-electron chi connectivity index (χ4n) is 1.92. The summed E-state index contributed by atoms with van der Waals surface area (Å²) in [5.74, 6) is 6.52. The second kappa shape index (κ2) is 6.79. The Bertz CT molecular complexity index is 476. The van der Waals surface area contributed by atoms with Gasteiger partial charge in [0.1, 0.15) is 0 Å². The maximum atomic E-state index is 3.26. The molecule has 1 aliphatic carbocycles. The first kappa shape index (κ1) is 11.8. The lowest BCUT2D eigenvalue weighted by molar-refractivity contribution is 0.702. The molecule has 0 saturated heterocycles. The molecule has 1 aliphatic rings. The summed E-state index contributed by atoms with van der Waals surface area (Å²) in [7, 11) is 0. The van der Waals surface area contributed by atoms with E-state index < -0.39 is 0 Å². The average Bonchev–Trinajstić information content (AvgIpc) is 2.36. The van der Waals surface area contributed by atoms with Gasteiger partial charge < -0.3 is 0 Å². The van der Waals surface area contributed by atoms with E-state index in [4.69, 9.17) is 0 Å². The average molecular weight is 222 g/mol. The summed E-state index contributed by atoms with van der Waals surface area (Å²) >= 11 is 0. The van der Waals surface area contributed by atoms with Gasteiger partial charge >= 0.3 is 0 Å². The second-order valence-corrected chi connectivity index (χ2v) is 4.39. The highest BCUT2D eigenvalue weighted by molar-refractivity contribution is 5.50. The van der Waals surface area contributed by atoms with Gasteiger partial charge in [0.15, 0.2) is 0 Å². The number of allylic oxidation sites excluding steroid dienone is 1. The monoisotopic (exact) mass is 222 g/mol. The molecule has 0 amide bonds. The van der Waals surface area contributed by atoms with Crippen molar-refractivity contribution in [2.45, 2.75) is 38.5 Å². The lowest BCUT2D eigenvalue weighted by Crippen LogP contribution is -1.83. The molecule has 1 aromatic rings. The second-order valence-electron chi connectivity index (χ2n) is 4.39. The number of fused-ring (bicyclic) bond motifs is 2. The van der Waals surface area contributed by atoms with E-state index in [0.29, 0.717) is 0 Å². The normalized spacial score (nSPS) is 15.8. The number of rotatable bonds is 0. The van der Waals surface area contributed by atoms with Crippen molar-refractivity contribution in [1.82, 2.24) is 0 Å². The Kier molecular flexibility index (Phi) is 4.70. The van der Waals surface area contributed by atoms with Gasteiger partial charge in [0, 0.05) is 12.8 Å². The van der Waals surface area contributed by atoms with Crippen LogP contribution in [0.5, 0.6) is 0 Å². The minimum absolute atomic E-state index is 0.866. The maximum absolute atomic E-state index is 3.26. The van der Waals surface area contributed by atoms with Gasteiger partial charge in [-0.05, 0) is 42.5 Å². The zero-order valence-electron chi connectivity index (χ0n) is 10.2. The van der Waals surface area contributed by atoms with Crippen LogP contribution in [0.25, 0.3) is 6.08 Å². The van der Waals surface area contributed by atoms with Crippen molar-refractivity contribution >= 4 is 6.08 Å². The minimum atomic E-state index is 0.866. The van der Waals surface area contributed by atoms with Crippen molar-refractivity contribution in [3.05, 3.63) is 47.2 Å². The molecular formula is C17H18. The van der Waals surface area contributed by atoms with E-state index in [-0.39, 0.29) is 0 Å². The fourth-order valence-corrected chi connectivity index (χ4v) is 1.92. The molecule has 1 aromatic carbocycles. The van der Waals surface area contributed by atoms with E-state index >= 15 is 0 Å². The third kappa shape index (κ3) is 4.35. The predicted molar refractivity (Wildman–Crippen MR) is 73.6 cm³/mol. The van der Waals surface area contributed by atoms with Crippen LogP contribution in [-0.2, 0) is 6.42 Å². The first-order chi connectivity index (χ1) is 8.45. The van der Waals surface area contributed by atoms with Gasteiger partial charge in [-0.25, -0.2) is 0 Å². The molecule has 0 nitrogen and oxygen atoms in total. The molecule has 0 spiro atoms.